The van der Waals surface area contributed by atoms with Crippen molar-refractivity contribution in [2.75, 3.05) is 26.9 Å². The zero-order valence-corrected chi connectivity index (χ0v) is 20.7. The highest BCUT2D eigenvalue weighted by atomic mass is 16.5. The van der Waals surface area contributed by atoms with E-state index in [0.717, 1.165) is 52.0 Å². The third kappa shape index (κ3) is 6.12. The van der Waals surface area contributed by atoms with Crippen LogP contribution in [0.4, 0.5) is 0 Å². The molecule has 1 aromatic heterocycles. The number of rotatable bonds is 11. The van der Waals surface area contributed by atoms with Gasteiger partial charge in [-0.1, -0.05) is 24.3 Å². The van der Waals surface area contributed by atoms with E-state index in [1.807, 2.05) is 54.6 Å². The molecule has 0 aliphatic heterocycles. The lowest BCUT2D eigenvalue weighted by molar-refractivity contribution is -0.122. The van der Waals surface area contributed by atoms with Crippen LogP contribution in [0.3, 0.4) is 0 Å². The Morgan fingerprint density at radius 2 is 1.54 bits per heavy atom. The predicted octanol–water partition coefficient (Wildman–Crippen LogP) is 5.41. The van der Waals surface area contributed by atoms with Crippen molar-refractivity contribution < 1.29 is 28.2 Å². The number of benzene rings is 3. The maximum absolute atomic E-state index is 11.8. The van der Waals surface area contributed by atoms with Crippen LogP contribution < -0.4 is 14.8 Å². The Labute approximate surface area is 215 Å². The van der Waals surface area contributed by atoms with Crippen LogP contribution in [0.5, 0.6) is 11.5 Å². The van der Waals surface area contributed by atoms with E-state index in [-0.39, 0.29) is 17.8 Å². The van der Waals surface area contributed by atoms with Crippen LogP contribution >= 0.6 is 0 Å². The van der Waals surface area contributed by atoms with Gasteiger partial charge < -0.3 is 23.9 Å². The first kappa shape index (κ1) is 24.4. The Kier molecular flexibility index (Phi) is 7.40. The first-order chi connectivity index (χ1) is 18.1. The van der Waals surface area contributed by atoms with Crippen LogP contribution in [0, 0.1) is 5.92 Å². The first-order valence-corrected chi connectivity index (χ1v) is 12.4. The number of amides is 1. The van der Waals surface area contributed by atoms with E-state index in [4.69, 9.17) is 18.6 Å². The summed E-state index contributed by atoms with van der Waals surface area (Å²) >= 11 is 0. The van der Waals surface area contributed by atoms with Crippen LogP contribution in [0.15, 0.2) is 77.4 Å². The van der Waals surface area contributed by atoms with Gasteiger partial charge in [-0.05, 0) is 72.9 Å². The molecule has 37 heavy (non-hydrogen) atoms. The summed E-state index contributed by atoms with van der Waals surface area (Å²) in [5, 5.41) is 3.99. The average molecular weight is 500 g/mol. The highest BCUT2D eigenvalue weighted by Crippen LogP contribution is 2.29. The zero-order chi connectivity index (χ0) is 25.6. The molecule has 1 fully saturated rings. The van der Waals surface area contributed by atoms with E-state index in [9.17, 15) is 9.59 Å². The molecule has 7 heteroatoms. The summed E-state index contributed by atoms with van der Waals surface area (Å²) < 4.78 is 22.1. The lowest BCUT2D eigenvalue weighted by Gasteiger charge is -2.10. The van der Waals surface area contributed by atoms with Gasteiger partial charge in [-0.15, -0.1) is 0 Å². The molecule has 5 rings (SSSR count). The maximum Gasteiger partial charge on any atom is 0.337 e. The fourth-order valence-corrected chi connectivity index (χ4v) is 4.13. The van der Waals surface area contributed by atoms with Crippen LogP contribution in [0.1, 0.15) is 28.8 Å². The molecule has 1 heterocycles. The molecule has 0 radical (unpaired) electrons. The molecular weight excluding hydrogens is 470 g/mol. The Morgan fingerprint density at radius 3 is 2.22 bits per heavy atom. The molecule has 0 atom stereocenters. The number of esters is 1. The van der Waals surface area contributed by atoms with Crippen molar-refractivity contribution in [3.63, 3.8) is 0 Å². The fourth-order valence-electron chi connectivity index (χ4n) is 4.13. The third-order valence-corrected chi connectivity index (χ3v) is 6.38. The molecule has 0 unspecified atom stereocenters. The summed E-state index contributed by atoms with van der Waals surface area (Å²) in [5.41, 5.74) is 4.39. The summed E-state index contributed by atoms with van der Waals surface area (Å²) in [5.74, 6) is 1.51. The molecule has 190 valence electrons. The fraction of sp³-hybridized carbons (Fsp3) is 0.267. The SMILES string of the molecule is COC(=O)c1ccc(-c2ccc(OCCOc3ccc4occ(CCNC(=O)C5CC5)c4c3)cc2)cc1. The molecule has 3 aromatic carbocycles. The molecule has 7 nitrogen and oxygen atoms in total. The van der Waals surface area contributed by atoms with Crippen molar-refractivity contribution in [1.82, 2.24) is 5.32 Å². The van der Waals surface area contributed by atoms with Gasteiger partial charge in [-0.3, -0.25) is 4.79 Å². The number of hydrogen-bond donors (Lipinski definition) is 1. The van der Waals surface area contributed by atoms with Crippen molar-refractivity contribution in [1.29, 1.82) is 0 Å². The number of methoxy groups -OCH3 is 1. The largest absolute Gasteiger partial charge is 0.490 e. The van der Waals surface area contributed by atoms with Gasteiger partial charge in [0.2, 0.25) is 5.91 Å². The molecule has 4 aromatic rings. The molecule has 0 spiro atoms. The monoisotopic (exact) mass is 499 g/mol. The molecular formula is C30H29NO6. The second-order valence-corrected chi connectivity index (χ2v) is 9.02. The molecule has 1 amide bonds. The summed E-state index contributed by atoms with van der Waals surface area (Å²) in [6.45, 7) is 1.39. The average Bonchev–Trinajstić information content (AvgIpc) is 3.72. The minimum atomic E-state index is -0.350. The van der Waals surface area contributed by atoms with Gasteiger partial charge in [0.05, 0.1) is 18.9 Å². The molecule has 1 aliphatic carbocycles. The second-order valence-electron chi connectivity index (χ2n) is 9.02. The quantitative estimate of drug-likeness (QED) is 0.219. The maximum atomic E-state index is 11.8. The molecule has 1 saturated carbocycles. The number of ether oxygens (including phenoxy) is 3. The minimum absolute atomic E-state index is 0.153. The smallest absolute Gasteiger partial charge is 0.337 e. The highest BCUT2D eigenvalue weighted by Gasteiger charge is 2.29. The zero-order valence-electron chi connectivity index (χ0n) is 20.7. The van der Waals surface area contributed by atoms with Gasteiger partial charge >= 0.3 is 5.97 Å². The summed E-state index contributed by atoms with van der Waals surface area (Å²) in [6, 6.07) is 20.8. The van der Waals surface area contributed by atoms with Crippen molar-refractivity contribution in [3.8, 4) is 22.6 Å². The van der Waals surface area contributed by atoms with Gasteiger partial charge in [0.15, 0.2) is 0 Å². The van der Waals surface area contributed by atoms with Gasteiger partial charge in [0, 0.05) is 23.4 Å². The second kappa shape index (κ2) is 11.2. The minimum Gasteiger partial charge on any atom is -0.490 e. The Morgan fingerprint density at radius 1 is 0.892 bits per heavy atom. The Bertz CT molecular complexity index is 1370. The Balaban J connectivity index is 1.10. The summed E-state index contributed by atoms with van der Waals surface area (Å²) in [6.07, 6.45) is 4.47. The molecule has 0 saturated heterocycles. The normalized spacial score (nSPS) is 12.8. The van der Waals surface area contributed by atoms with Crippen LogP contribution in [0.2, 0.25) is 0 Å². The number of fused-ring (bicyclic) bond motifs is 1. The number of hydrogen-bond acceptors (Lipinski definition) is 6. The first-order valence-electron chi connectivity index (χ1n) is 12.4. The third-order valence-electron chi connectivity index (χ3n) is 6.38. The summed E-state index contributed by atoms with van der Waals surface area (Å²) in [7, 11) is 1.37. The van der Waals surface area contributed by atoms with E-state index in [0.29, 0.717) is 31.7 Å². The molecule has 0 bridgehead atoms. The van der Waals surface area contributed by atoms with Gasteiger partial charge in [0.1, 0.15) is 30.3 Å². The van der Waals surface area contributed by atoms with Crippen molar-refractivity contribution in [2.24, 2.45) is 5.92 Å². The standard InChI is InChI=1S/C30H29NO6/c1-34-30(33)23-6-2-20(3-7-23)21-8-10-25(11-9-21)35-16-17-36-26-12-13-28-27(18-26)24(19-37-28)14-15-31-29(32)22-4-5-22/h2-3,6-13,18-19,22H,4-5,14-17H2,1H3,(H,31,32). The molecule has 1 aliphatic rings. The highest BCUT2D eigenvalue weighted by molar-refractivity contribution is 5.90. The van der Waals surface area contributed by atoms with Crippen molar-refractivity contribution in [2.45, 2.75) is 19.3 Å². The predicted molar refractivity (Wildman–Crippen MR) is 140 cm³/mol. The lowest BCUT2D eigenvalue weighted by Crippen LogP contribution is -2.26. The number of carbonyl (C=O) groups is 2. The van der Waals surface area contributed by atoms with Crippen molar-refractivity contribution >= 4 is 22.8 Å². The number of nitrogens with one attached hydrogen (secondary N) is 1. The van der Waals surface area contributed by atoms with Gasteiger partial charge in [-0.2, -0.15) is 0 Å². The number of furan rings is 1. The van der Waals surface area contributed by atoms with E-state index in [1.165, 1.54) is 7.11 Å². The van der Waals surface area contributed by atoms with Crippen LogP contribution in [-0.2, 0) is 16.0 Å². The van der Waals surface area contributed by atoms with Gasteiger partial charge in [-0.25, -0.2) is 4.79 Å². The van der Waals surface area contributed by atoms with E-state index in [2.05, 4.69) is 5.32 Å². The topological polar surface area (TPSA) is 87.0 Å². The van der Waals surface area contributed by atoms with E-state index in [1.54, 1.807) is 18.4 Å². The lowest BCUT2D eigenvalue weighted by atomic mass is 10.0. The number of carbonyl (C=O) groups excluding carboxylic acids is 2. The Hall–Kier alpha value is -4.26. The van der Waals surface area contributed by atoms with E-state index >= 15 is 0 Å². The van der Waals surface area contributed by atoms with E-state index < -0.39 is 0 Å². The van der Waals surface area contributed by atoms with Crippen LogP contribution in [0.25, 0.3) is 22.1 Å². The summed E-state index contributed by atoms with van der Waals surface area (Å²) in [4.78, 5) is 23.4. The van der Waals surface area contributed by atoms with Crippen molar-refractivity contribution in [3.05, 3.63) is 84.1 Å². The van der Waals surface area contributed by atoms with Crippen LogP contribution in [-0.4, -0.2) is 38.7 Å². The molecule has 1 N–H and O–H groups in total. The van der Waals surface area contributed by atoms with Gasteiger partial charge in [0.25, 0.3) is 0 Å².